The zero-order valence-corrected chi connectivity index (χ0v) is 17.9. The van der Waals surface area contributed by atoms with Crippen LogP contribution in [0.25, 0.3) is 10.9 Å². The molecule has 30 heavy (non-hydrogen) atoms. The van der Waals surface area contributed by atoms with Gasteiger partial charge >= 0.3 is 13.2 Å². The van der Waals surface area contributed by atoms with Crippen molar-refractivity contribution in [2.24, 2.45) is 7.05 Å². The molecule has 156 valence electrons. The molecule has 1 N–H and O–H groups in total. The molecule has 1 saturated heterocycles. The fourth-order valence-electron chi connectivity index (χ4n) is 3.35. The zero-order valence-electron chi connectivity index (χ0n) is 17.9. The third-order valence-electron chi connectivity index (χ3n) is 5.83. The number of nitrogens with one attached hydrogen (secondary N) is 1. The molecule has 7 nitrogen and oxygen atoms in total. The third-order valence-corrected chi connectivity index (χ3v) is 5.83. The standard InChI is InChI=1S/C22H26BN3O4/c1-21(2)22(3,4)30-23(29-21)16-11-12-17-18(13-16)26(5)25-19(17)24-20(27)28-14-15-9-7-6-8-10-15/h6-13H,14H2,1-5H3,(H,24,25,27). The summed E-state index contributed by atoms with van der Waals surface area (Å²) in [4.78, 5) is 12.2. The summed E-state index contributed by atoms with van der Waals surface area (Å²) >= 11 is 0. The lowest BCUT2D eigenvalue weighted by Gasteiger charge is -2.32. The number of benzene rings is 2. The molecule has 1 fully saturated rings. The van der Waals surface area contributed by atoms with Crippen LogP contribution in [0.4, 0.5) is 10.6 Å². The molecule has 2 heterocycles. The fourth-order valence-corrected chi connectivity index (χ4v) is 3.35. The van der Waals surface area contributed by atoms with E-state index in [-0.39, 0.29) is 6.61 Å². The second kappa shape index (κ2) is 7.45. The second-order valence-corrected chi connectivity index (χ2v) is 8.52. The Morgan fingerprint density at radius 2 is 1.77 bits per heavy atom. The number of carbonyl (C=O) groups is 1. The van der Waals surface area contributed by atoms with Crippen LogP contribution < -0.4 is 10.8 Å². The zero-order chi connectivity index (χ0) is 21.5. The lowest BCUT2D eigenvalue weighted by Crippen LogP contribution is -2.41. The van der Waals surface area contributed by atoms with Gasteiger partial charge in [-0.05, 0) is 50.9 Å². The van der Waals surface area contributed by atoms with Gasteiger partial charge in [-0.25, -0.2) is 4.79 Å². The molecular weight excluding hydrogens is 381 g/mol. The van der Waals surface area contributed by atoms with Crippen LogP contribution in [0.5, 0.6) is 0 Å². The Bertz CT molecular complexity index is 1060. The number of ether oxygens (including phenoxy) is 1. The van der Waals surface area contributed by atoms with Crippen molar-refractivity contribution < 1.29 is 18.8 Å². The van der Waals surface area contributed by atoms with E-state index in [0.717, 1.165) is 21.9 Å². The molecule has 0 radical (unpaired) electrons. The SMILES string of the molecule is Cn1nc(NC(=O)OCc2ccccc2)c2ccc(B3OC(C)(C)C(C)(C)O3)cc21. The fraction of sp³-hybridized carbons (Fsp3) is 0.364. The van der Waals surface area contributed by atoms with Gasteiger partial charge in [-0.1, -0.05) is 36.4 Å². The largest absolute Gasteiger partial charge is 0.494 e. The van der Waals surface area contributed by atoms with E-state index >= 15 is 0 Å². The van der Waals surface area contributed by atoms with Gasteiger partial charge in [-0.3, -0.25) is 10.00 Å². The van der Waals surface area contributed by atoms with Gasteiger partial charge in [0, 0.05) is 12.4 Å². The van der Waals surface area contributed by atoms with Gasteiger partial charge in [0.15, 0.2) is 5.82 Å². The van der Waals surface area contributed by atoms with Crippen molar-refractivity contribution in [3.8, 4) is 0 Å². The van der Waals surface area contributed by atoms with Crippen molar-refractivity contribution in [2.45, 2.75) is 45.5 Å². The first-order chi connectivity index (χ1) is 14.2. The molecule has 1 aromatic heterocycles. The maximum Gasteiger partial charge on any atom is 0.494 e. The minimum atomic E-state index is -0.547. The van der Waals surface area contributed by atoms with Crippen molar-refractivity contribution in [3.63, 3.8) is 0 Å². The highest BCUT2D eigenvalue weighted by Gasteiger charge is 2.51. The first-order valence-electron chi connectivity index (χ1n) is 9.96. The van der Waals surface area contributed by atoms with Crippen LogP contribution in [0, 0.1) is 0 Å². The number of aromatic nitrogens is 2. The Morgan fingerprint density at radius 3 is 2.43 bits per heavy atom. The maximum atomic E-state index is 12.2. The summed E-state index contributed by atoms with van der Waals surface area (Å²) in [5.74, 6) is 0.450. The molecule has 0 saturated carbocycles. The topological polar surface area (TPSA) is 74.6 Å². The molecule has 1 aliphatic heterocycles. The van der Waals surface area contributed by atoms with Gasteiger partial charge in [-0.2, -0.15) is 5.10 Å². The number of rotatable bonds is 4. The quantitative estimate of drug-likeness (QED) is 0.669. The van der Waals surface area contributed by atoms with Crippen LogP contribution >= 0.6 is 0 Å². The van der Waals surface area contributed by atoms with E-state index in [4.69, 9.17) is 14.0 Å². The molecule has 1 aliphatic rings. The normalized spacial score (nSPS) is 17.3. The van der Waals surface area contributed by atoms with Gasteiger partial charge in [0.25, 0.3) is 0 Å². The molecule has 4 rings (SSSR count). The number of hydrogen-bond acceptors (Lipinski definition) is 5. The maximum absolute atomic E-state index is 12.2. The van der Waals surface area contributed by atoms with Crippen molar-refractivity contribution in [1.82, 2.24) is 9.78 Å². The van der Waals surface area contributed by atoms with Crippen LogP contribution in [0.3, 0.4) is 0 Å². The number of amides is 1. The number of anilines is 1. The van der Waals surface area contributed by atoms with E-state index in [1.165, 1.54) is 0 Å². The number of hydrogen-bond donors (Lipinski definition) is 1. The highest BCUT2D eigenvalue weighted by atomic mass is 16.7. The Labute approximate surface area is 176 Å². The smallest absolute Gasteiger partial charge is 0.444 e. The van der Waals surface area contributed by atoms with Crippen molar-refractivity contribution in [2.75, 3.05) is 5.32 Å². The van der Waals surface area contributed by atoms with E-state index in [0.29, 0.717) is 5.82 Å². The number of aryl methyl sites for hydroxylation is 1. The minimum Gasteiger partial charge on any atom is -0.444 e. The Hall–Kier alpha value is -2.84. The van der Waals surface area contributed by atoms with Crippen molar-refractivity contribution >= 4 is 35.4 Å². The van der Waals surface area contributed by atoms with Crippen molar-refractivity contribution in [3.05, 3.63) is 54.1 Å². The monoisotopic (exact) mass is 407 g/mol. The van der Waals surface area contributed by atoms with Gasteiger partial charge in [-0.15, -0.1) is 0 Å². The Kier molecular flexibility index (Phi) is 5.07. The summed E-state index contributed by atoms with van der Waals surface area (Å²) in [5, 5.41) is 7.98. The molecule has 2 aromatic carbocycles. The molecule has 0 unspecified atom stereocenters. The Balaban J connectivity index is 1.50. The minimum absolute atomic E-state index is 0.198. The molecule has 3 aromatic rings. The molecular formula is C22H26BN3O4. The van der Waals surface area contributed by atoms with E-state index in [1.54, 1.807) is 4.68 Å². The number of nitrogens with zero attached hydrogens (tertiary/aromatic N) is 2. The van der Waals surface area contributed by atoms with Crippen LogP contribution in [0.1, 0.15) is 33.3 Å². The van der Waals surface area contributed by atoms with E-state index in [2.05, 4.69) is 10.4 Å². The Morgan fingerprint density at radius 1 is 1.10 bits per heavy atom. The van der Waals surface area contributed by atoms with Gasteiger partial charge < -0.3 is 14.0 Å². The predicted molar refractivity (Wildman–Crippen MR) is 117 cm³/mol. The molecule has 0 atom stereocenters. The summed E-state index contributed by atoms with van der Waals surface area (Å²) in [6.07, 6.45) is -0.547. The highest BCUT2D eigenvalue weighted by molar-refractivity contribution is 6.62. The van der Waals surface area contributed by atoms with E-state index < -0.39 is 24.4 Å². The van der Waals surface area contributed by atoms with Gasteiger partial charge in [0.1, 0.15) is 6.61 Å². The second-order valence-electron chi connectivity index (χ2n) is 8.52. The average molecular weight is 407 g/mol. The first kappa shape index (κ1) is 20.4. The lowest BCUT2D eigenvalue weighted by molar-refractivity contribution is 0.00578. The number of carbonyl (C=O) groups excluding carboxylic acids is 1. The van der Waals surface area contributed by atoms with Crippen LogP contribution in [-0.4, -0.2) is 34.2 Å². The molecule has 0 bridgehead atoms. The highest BCUT2D eigenvalue weighted by Crippen LogP contribution is 2.36. The average Bonchev–Trinajstić information content (AvgIpc) is 3.12. The summed E-state index contributed by atoms with van der Waals surface area (Å²) in [5.41, 5.74) is 1.87. The van der Waals surface area contributed by atoms with Crippen molar-refractivity contribution in [1.29, 1.82) is 0 Å². The summed E-state index contributed by atoms with van der Waals surface area (Å²) in [7, 11) is 1.37. The van der Waals surface area contributed by atoms with Crippen LogP contribution in [0.2, 0.25) is 0 Å². The molecule has 1 amide bonds. The third kappa shape index (κ3) is 3.80. The molecule has 0 spiro atoms. The van der Waals surface area contributed by atoms with Gasteiger partial charge in [0.05, 0.1) is 16.7 Å². The van der Waals surface area contributed by atoms with Crippen LogP contribution in [-0.2, 0) is 27.7 Å². The first-order valence-corrected chi connectivity index (χ1v) is 9.96. The summed E-state index contributed by atoms with van der Waals surface area (Å²) in [6.45, 7) is 8.30. The van der Waals surface area contributed by atoms with Crippen LogP contribution in [0.15, 0.2) is 48.5 Å². The van der Waals surface area contributed by atoms with Gasteiger partial charge in [0.2, 0.25) is 0 Å². The summed E-state index contributed by atoms with van der Waals surface area (Å²) < 4.78 is 19.3. The molecule has 8 heteroatoms. The molecule has 0 aliphatic carbocycles. The number of fused-ring (bicyclic) bond motifs is 1. The lowest BCUT2D eigenvalue weighted by atomic mass is 9.79. The van der Waals surface area contributed by atoms with E-state index in [1.807, 2.05) is 83.3 Å². The van der Waals surface area contributed by atoms with E-state index in [9.17, 15) is 4.79 Å². The summed E-state index contributed by atoms with van der Waals surface area (Å²) in [6, 6.07) is 15.4. The predicted octanol–water partition coefficient (Wildman–Crippen LogP) is 3.62.